The Morgan fingerprint density at radius 2 is 1.69 bits per heavy atom. The maximum Gasteiger partial charge on any atom is 0.408 e. The molecule has 2 aromatic rings. The topological polar surface area (TPSA) is 131 Å². The summed E-state index contributed by atoms with van der Waals surface area (Å²) in [6.07, 6.45) is 0.0510. The van der Waals surface area contributed by atoms with Crippen LogP contribution in [0.5, 0.6) is 0 Å². The predicted octanol–water partition coefficient (Wildman–Crippen LogP) is 4.73. The molecular weight excluding hydrogens is 520 g/mol. The largest absolute Gasteiger partial charge is 0.444 e. The number of nitrogens with two attached hydrogens (primary N) is 1. The van der Waals surface area contributed by atoms with Crippen LogP contribution in [0.2, 0.25) is 5.02 Å². The first-order valence-corrected chi connectivity index (χ1v) is 12.8. The summed E-state index contributed by atoms with van der Waals surface area (Å²) >= 11 is 6.38. The van der Waals surface area contributed by atoms with E-state index in [0.29, 0.717) is 16.3 Å². The summed E-state index contributed by atoms with van der Waals surface area (Å²) in [7, 11) is 0. The first-order valence-electron chi connectivity index (χ1n) is 12.5. The molecule has 9 nitrogen and oxygen atoms in total. The van der Waals surface area contributed by atoms with Crippen molar-refractivity contribution < 1.29 is 23.9 Å². The van der Waals surface area contributed by atoms with Crippen molar-refractivity contribution in [2.75, 3.05) is 11.9 Å². The molecule has 10 heteroatoms. The quantitative estimate of drug-likeness (QED) is 0.364. The molecule has 2 aromatic carbocycles. The number of amides is 4. The molecule has 4 amide bonds. The number of nitrogens with zero attached hydrogens (tertiary/aromatic N) is 1. The molecule has 0 aromatic heterocycles. The maximum absolute atomic E-state index is 14.0. The van der Waals surface area contributed by atoms with Crippen molar-refractivity contribution in [2.45, 2.75) is 65.6 Å². The Bertz CT molecular complexity index is 1230. The van der Waals surface area contributed by atoms with Gasteiger partial charge in [-0.2, -0.15) is 0 Å². The Morgan fingerprint density at radius 1 is 1.08 bits per heavy atom. The van der Waals surface area contributed by atoms with Crippen LogP contribution >= 0.6 is 11.6 Å². The summed E-state index contributed by atoms with van der Waals surface area (Å²) < 4.78 is 5.29. The molecule has 39 heavy (non-hydrogen) atoms. The van der Waals surface area contributed by atoms with Crippen LogP contribution in [0.1, 0.15) is 55.5 Å². The van der Waals surface area contributed by atoms with Gasteiger partial charge in [-0.05, 0) is 69.9 Å². The summed E-state index contributed by atoms with van der Waals surface area (Å²) in [4.78, 5) is 53.6. The van der Waals surface area contributed by atoms with E-state index >= 15 is 0 Å². The normalized spacial score (nSPS) is 12.6. The van der Waals surface area contributed by atoms with Gasteiger partial charge in [-0.25, -0.2) is 4.79 Å². The van der Waals surface area contributed by atoms with E-state index in [2.05, 4.69) is 17.2 Å². The van der Waals surface area contributed by atoms with Crippen LogP contribution in [0.15, 0.2) is 49.1 Å². The number of para-hydroxylation sites is 1. The zero-order valence-electron chi connectivity index (χ0n) is 23.3. The van der Waals surface area contributed by atoms with Crippen LogP contribution in [0.4, 0.5) is 10.5 Å². The van der Waals surface area contributed by atoms with Crippen molar-refractivity contribution in [1.82, 2.24) is 10.2 Å². The summed E-state index contributed by atoms with van der Waals surface area (Å²) in [6.45, 7) is 14.2. The van der Waals surface area contributed by atoms with Crippen molar-refractivity contribution in [3.8, 4) is 0 Å². The first kappa shape index (κ1) is 31.4. The Hall–Kier alpha value is -3.85. The Labute approximate surface area is 234 Å². The van der Waals surface area contributed by atoms with Gasteiger partial charge in [-0.1, -0.05) is 48.0 Å². The lowest BCUT2D eigenvalue weighted by Gasteiger charge is -2.34. The molecule has 0 aliphatic heterocycles. The van der Waals surface area contributed by atoms with Crippen LogP contribution < -0.4 is 16.4 Å². The zero-order valence-corrected chi connectivity index (χ0v) is 24.0. The van der Waals surface area contributed by atoms with Gasteiger partial charge in [-0.15, -0.1) is 6.58 Å². The first-order chi connectivity index (χ1) is 18.2. The smallest absolute Gasteiger partial charge is 0.408 e. The van der Waals surface area contributed by atoms with E-state index in [9.17, 15) is 19.2 Å². The van der Waals surface area contributed by atoms with Gasteiger partial charge in [0, 0.05) is 6.54 Å². The summed E-state index contributed by atoms with van der Waals surface area (Å²) in [5, 5.41) is 5.64. The molecule has 210 valence electrons. The minimum Gasteiger partial charge on any atom is -0.444 e. The van der Waals surface area contributed by atoms with Crippen LogP contribution in [-0.4, -0.2) is 46.9 Å². The average Bonchev–Trinajstić information content (AvgIpc) is 2.81. The number of benzene rings is 2. The molecule has 0 radical (unpaired) electrons. The van der Waals surface area contributed by atoms with Crippen molar-refractivity contribution in [3.63, 3.8) is 0 Å². The number of aryl methyl sites for hydroxylation is 2. The molecule has 0 saturated heterocycles. The number of nitrogens with one attached hydrogen (secondary N) is 2. The van der Waals surface area contributed by atoms with Gasteiger partial charge in [0.2, 0.25) is 11.8 Å². The van der Waals surface area contributed by atoms with Gasteiger partial charge in [0.1, 0.15) is 17.7 Å². The van der Waals surface area contributed by atoms with Gasteiger partial charge < -0.3 is 26.0 Å². The van der Waals surface area contributed by atoms with Crippen LogP contribution in [0.3, 0.4) is 0 Å². The molecule has 0 fully saturated rings. The highest BCUT2D eigenvalue weighted by atomic mass is 35.5. The highest BCUT2D eigenvalue weighted by Gasteiger charge is 2.37. The molecule has 0 aliphatic rings. The van der Waals surface area contributed by atoms with Gasteiger partial charge in [-0.3, -0.25) is 14.4 Å². The molecule has 2 rings (SSSR count). The lowest BCUT2D eigenvalue weighted by atomic mass is 9.94. The number of primary amides is 1. The summed E-state index contributed by atoms with van der Waals surface area (Å²) in [5.41, 5.74) is 7.97. The number of alkyl carbamates (subject to hydrolysis) is 1. The zero-order chi connectivity index (χ0) is 29.5. The van der Waals surface area contributed by atoms with Crippen LogP contribution in [0, 0.1) is 20.8 Å². The van der Waals surface area contributed by atoms with Crippen molar-refractivity contribution in [1.29, 1.82) is 0 Å². The van der Waals surface area contributed by atoms with Crippen molar-refractivity contribution in [3.05, 3.63) is 76.3 Å². The molecule has 0 aliphatic carbocycles. The van der Waals surface area contributed by atoms with Gasteiger partial charge >= 0.3 is 6.09 Å². The number of ether oxygens (including phenoxy) is 1. The second-order valence-electron chi connectivity index (χ2n) is 10.3. The van der Waals surface area contributed by atoms with E-state index in [-0.39, 0.29) is 6.54 Å². The number of carbonyl (C=O) groups excluding carboxylic acids is 4. The monoisotopic (exact) mass is 556 g/mol. The predicted molar refractivity (Wildman–Crippen MR) is 152 cm³/mol. The molecule has 0 heterocycles. The fourth-order valence-electron chi connectivity index (χ4n) is 4.02. The summed E-state index contributed by atoms with van der Waals surface area (Å²) in [5.74, 6) is -2.07. The molecule has 4 N–H and O–H groups in total. The van der Waals surface area contributed by atoms with E-state index < -0.39 is 47.9 Å². The van der Waals surface area contributed by atoms with Crippen molar-refractivity contribution >= 4 is 41.1 Å². The Morgan fingerprint density at radius 3 is 2.26 bits per heavy atom. The van der Waals surface area contributed by atoms with E-state index in [0.717, 1.165) is 16.7 Å². The lowest BCUT2D eigenvalue weighted by molar-refractivity contribution is -0.141. The highest BCUT2D eigenvalue weighted by Crippen LogP contribution is 2.31. The third kappa shape index (κ3) is 8.58. The number of halogens is 1. The fraction of sp³-hybridized carbons (Fsp3) is 0.379. The third-order valence-electron chi connectivity index (χ3n) is 5.97. The van der Waals surface area contributed by atoms with Gasteiger partial charge in [0.25, 0.3) is 5.91 Å². The maximum atomic E-state index is 14.0. The van der Waals surface area contributed by atoms with Gasteiger partial charge in [0.15, 0.2) is 0 Å². The standard InChI is InChI=1S/C29H37ClN4O5/c1-8-15-34(27(37)22(16-23(31)35)32-28(38)39-29(5,6)7)25(20-13-9-11-17(2)19(20)4)26(36)33-24-18(3)12-10-14-21(24)30/h8-14,22,25H,1,15-16H2,2-7H3,(H2,31,35)(H,32,38)(H,33,36). The number of hydrogen-bond acceptors (Lipinski definition) is 5. The molecular formula is C29H37ClN4O5. The second-order valence-corrected chi connectivity index (χ2v) is 10.7. The van der Waals surface area contributed by atoms with E-state index in [4.69, 9.17) is 22.1 Å². The molecule has 2 unspecified atom stereocenters. The van der Waals surface area contributed by atoms with Crippen LogP contribution in [0.25, 0.3) is 0 Å². The van der Waals surface area contributed by atoms with E-state index in [1.807, 2.05) is 19.9 Å². The second kappa shape index (κ2) is 13.3. The number of anilines is 1. The van der Waals surface area contributed by atoms with Gasteiger partial charge in [0.05, 0.1) is 17.1 Å². The summed E-state index contributed by atoms with van der Waals surface area (Å²) in [6, 6.07) is 8.09. The van der Waals surface area contributed by atoms with E-state index in [1.165, 1.54) is 11.0 Å². The Balaban J connectivity index is 2.62. The molecule has 2 atom stereocenters. The molecule has 0 spiro atoms. The number of hydrogen-bond donors (Lipinski definition) is 3. The van der Waals surface area contributed by atoms with Crippen molar-refractivity contribution in [2.24, 2.45) is 5.73 Å². The van der Waals surface area contributed by atoms with Crippen LogP contribution in [-0.2, 0) is 19.1 Å². The highest BCUT2D eigenvalue weighted by molar-refractivity contribution is 6.34. The minimum atomic E-state index is -1.39. The Kier molecular flexibility index (Phi) is 10.7. The molecule has 0 bridgehead atoms. The third-order valence-corrected chi connectivity index (χ3v) is 6.29. The average molecular weight is 557 g/mol. The number of carbonyl (C=O) groups is 4. The number of rotatable bonds is 10. The van der Waals surface area contributed by atoms with E-state index in [1.54, 1.807) is 58.0 Å². The minimum absolute atomic E-state index is 0.0724. The lowest BCUT2D eigenvalue weighted by Crippen LogP contribution is -2.53. The molecule has 0 saturated carbocycles. The SMILES string of the molecule is C=CCN(C(=O)C(CC(N)=O)NC(=O)OC(C)(C)C)C(C(=O)Nc1c(C)cccc1Cl)c1cccc(C)c1C. The fourth-order valence-corrected chi connectivity index (χ4v) is 4.28.